The number of hydrogen-bond donors (Lipinski definition) is 0. The summed E-state index contributed by atoms with van der Waals surface area (Å²) in [6.45, 7) is 0.608. The third-order valence-electron chi connectivity index (χ3n) is 3.18. The third kappa shape index (κ3) is 4.47. The molecule has 1 amide bonds. The van der Waals surface area contributed by atoms with Gasteiger partial charge in [0.25, 0.3) is 0 Å². The largest absolute Gasteiger partial charge is 0.459 e. The monoisotopic (exact) mass is 304 g/mol. The molecule has 0 aromatic heterocycles. The SMILES string of the molecule is [N-]=[N+]=NCC(=O)N1CCOC(C(=O)OCc2ccccc2)C1. The number of morpholine rings is 1. The number of esters is 1. The molecule has 0 aliphatic carbocycles. The number of rotatable bonds is 5. The minimum absolute atomic E-state index is 0.105. The van der Waals surface area contributed by atoms with E-state index >= 15 is 0 Å². The molecule has 8 heteroatoms. The van der Waals surface area contributed by atoms with Crippen LogP contribution in [0.5, 0.6) is 0 Å². The van der Waals surface area contributed by atoms with Gasteiger partial charge in [-0.25, -0.2) is 4.79 Å². The number of azide groups is 1. The highest BCUT2D eigenvalue weighted by molar-refractivity contribution is 5.80. The summed E-state index contributed by atoms with van der Waals surface area (Å²) in [7, 11) is 0. The van der Waals surface area contributed by atoms with E-state index < -0.39 is 12.1 Å². The highest BCUT2D eigenvalue weighted by Gasteiger charge is 2.30. The first kappa shape index (κ1) is 15.8. The number of amides is 1. The Bertz CT molecular complexity index is 571. The summed E-state index contributed by atoms with van der Waals surface area (Å²) >= 11 is 0. The molecule has 1 atom stereocenters. The number of benzene rings is 1. The van der Waals surface area contributed by atoms with Gasteiger partial charge in [0, 0.05) is 11.5 Å². The van der Waals surface area contributed by atoms with Crippen molar-refractivity contribution in [3.8, 4) is 0 Å². The number of hydrogen-bond acceptors (Lipinski definition) is 5. The fourth-order valence-electron chi connectivity index (χ4n) is 2.03. The molecule has 0 spiro atoms. The molecule has 8 nitrogen and oxygen atoms in total. The van der Waals surface area contributed by atoms with Gasteiger partial charge >= 0.3 is 5.97 Å². The van der Waals surface area contributed by atoms with Crippen molar-refractivity contribution < 1.29 is 19.1 Å². The van der Waals surface area contributed by atoms with Crippen LogP contribution >= 0.6 is 0 Å². The molecular formula is C14H16N4O4. The van der Waals surface area contributed by atoms with Gasteiger partial charge in [-0.05, 0) is 11.1 Å². The summed E-state index contributed by atoms with van der Waals surface area (Å²) in [5, 5.41) is 3.23. The summed E-state index contributed by atoms with van der Waals surface area (Å²) in [4.78, 5) is 27.7. The highest BCUT2D eigenvalue weighted by Crippen LogP contribution is 2.09. The lowest BCUT2D eigenvalue weighted by Gasteiger charge is -2.31. The second kappa shape index (κ2) is 8.02. The summed E-state index contributed by atoms with van der Waals surface area (Å²) in [6.07, 6.45) is -0.813. The molecule has 1 aromatic carbocycles. The van der Waals surface area contributed by atoms with Crippen LogP contribution < -0.4 is 0 Å². The molecular weight excluding hydrogens is 288 g/mol. The lowest BCUT2D eigenvalue weighted by molar-refractivity contribution is -0.166. The maximum absolute atomic E-state index is 12.0. The zero-order valence-electron chi connectivity index (χ0n) is 11.9. The van der Waals surface area contributed by atoms with Gasteiger partial charge in [-0.15, -0.1) is 0 Å². The topological polar surface area (TPSA) is 105 Å². The Labute approximate surface area is 127 Å². The normalized spacial score (nSPS) is 17.5. The van der Waals surface area contributed by atoms with Gasteiger partial charge in [0.15, 0.2) is 6.10 Å². The van der Waals surface area contributed by atoms with Crippen LogP contribution in [0.2, 0.25) is 0 Å². The van der Waals surface area contributed by atoms with Crippen LogP contribution in [0.1, 0.15) is 5.56 Å². The lowest BCUT2D eigenvalue weighted by Crippen LogP contribution is -2.49. The predicted octanol–water partition coefficient (Wildman–Crippen LogP) is 1.27. The summed E-state index contributed by atoms with van der Waals surface area (Å²) < 4.78 is 10.5. The Morgan fingerprint density at radius 3 is 2.91 bits per heavy atom. The first-order chi connectivity index (χ1) is 10.7. The van der Waals surface area contributed by atoms with Crippen molar-refractivity contribution in [3.05, 3.63) is 46.3 Å². The second-order valence-corrected chi connectivity index (χ2v) is 4.68. The molecule has 0 N–H and O–H groups in total. The Morgan fingerprint density at radius 2 is 2.18 bits per heavy atom. The van der Waals surface area contributed by atoms with Crippen molar-refractivity contribution >= 4 is 11.9 Å². The van der Waals surface area contributed by atoms with Gasteiger partial charge in [0.1, 0.15) is 13.2 Å². The summed E-state index contributed by atoms with van der Waals surface area (Å²) in [6, 6.07) is 9.30. The lowest BCUT2D eigenvalue weighted by atomic mass is 10.2. The predicted molar refractivity (Wildman–Crippen MR) is 76.6 cm³/mol. The van der Waals surface area contributed by atoms with Crippen molar-refractivity contribution in [1.29, 1.82) is 0 Å². The quantitative estimate of drug-likeness (QED) is 0.353. The smallest absolute Gasteiger partial charge is 0.337 e. The van der Waals surface area contributed by atoms with Crippen LogP contribution in [0.25, 0.3) is 10.4 Å². The zero-order valence-corrected chi connectivity index (χ0v) is 11.9. The Kier molecular flexibility index (Phi) is 5.76. The van der Waals surface area contributed by atoms with E-state index in [0.29, 0.717) is 6.54 Å². The van der Waals surface area contributed by atoms with Crippen molar-refractivity contribution in [2.75, 3.05) is 26.2 Å². The van der Waals surface area contributed by atoms with E-state index in [1.165, 1.54) is 4.90 Å². The molecule has 22 heavy (non-hydrogen) atoms. The minimum Gasteiger partial charge on any atom is -0.459 e. The van der Waals surface area contributed by atoms with Crippen LogP contribution in [0.15, 0.2) is 35.4 Å². The molecule has 1 saturated heterocycles. The average Bonchev–Trinajstić information content (AvgIpc) is 2.58. The number of carbonyl (C=O) groups is 2. The number of nitrogens with zero attached hydrogens (tertiary/aromatic N) is 4. The molecule has 0 radical (unpaired) electrons. The average molecular weight is 304 g/mol. The fourth-order valence-corrected chi connectivity index (χ4v) is 2.03. The van der Waals surface area contributed by atoms with E-state index in [-0.39, 0.29) is 32.2 Å². The molecule has 0 saturated carbocycles. The zero-order chi connectivity index (χ0) is 15.8. The minimum atomic E-state index is -0.813. The van der Waals surface area contributed by atoms with Crippen LogP contribution in [0, 0.1) is 0 Å². The molecule has 1 unspecified atom stereocenters. The van der Waals surface area contributed by atoms with Gasteiger partial charge in [-0.3, -0.25) is 4.79 Å². The first-order valence-corrected chi connectivity index (χ1v) is 6.81. The van der Waals surface area contributed by atoms with Gasteiger partial charge < -0.3 is 14.4 Å². The molecule has 1 fully saturated rings. The van der Waals surface area contributed by atoms with E-state index in [1.807, 2.05) is 30.3 Å². The standard InChI is InChI=1S/C14H16N4O4/c15-17-16-8-13(19)18-6-7-21-12(9-18)14(20)22-10-11-4-2-1-3-5-11/h1-5,12H,6-10H2. The van der Waals surface area contributed by atoms with Crippen LogP contribution in [0.3, 0.4) is 0 Å². The molecule has 1 aliphatic rings. The van der Waals surface area contributed by atoms with E-state index in [1.54, 1.807) is 0 Å². The molecule has 116 valence electrons. The summed E-state index contributed by atoms with van der Waals surface area (Å²) in [5.41, 5.74) is 9.10. The van der Waals surface area contributed by atoms with Crippen molar-refractivity contribution in [1.82, 2.24) is 4.90 Å². The van der Waals surface area contributed by atoms with Gasteiger partial charge in [-0.2, -0.15) is 0 Å². The van der Waals surface area contributed by atoms with E-state index in [0.717, 1.165) is 5.56 Å². The molecule has 1 aliphatic heterocycles. The highest BCUT2D eigenvalue weighted by atomic mass is 16.6. The summed E-state index contributed by atoms with van der Waals surface area (Å²) in [5.74, 6) is -0.841. The maximum Gasteiger partial charge on any atom is 0.337 e. The van der Waals surface area contributed by atoms with E-state index in [2.05, 4.69) is 10.0 Å². The van der Waals surface area contributed by atoms with Crippen molar-refractivity contribution in [2.24, 2.45) is 5.11 Å². The third-order valence-corrected chi connectivity index (χ3v) is 3.18. The molecule has 0 bridgehead atoms. The Hall–Kier alpha value is -2.57. The van der Waals surface area contributed by atoms with E-state index in [9.17, 15) is 9.59 Å². The number of carbonyl (C=O) groups excluding carboxylic acids is 2. The van der Waals surface area contributed by atoms with Gasteiger partial charge in [-0.1, -0.05) is 35.4 Å². The Morgan fingerprint density at radius 1 is 1.41 bits per heavy atom. The molecule has 1 heterocycles. The van der Waals surface area contributed by atoms with Crippen molar-refractivity contribution in [3.63, 3.8) is 0 Å². The van der Waals surface area contributed by atoms with Gasteiger partial charge in [0.2, 0.25) is 5.91 Å². The number of ether oxygens (including phenoxy) is 2. The van der Waals surface area contributed by atoms with Crippen LogP contribution in [-0.2, 0) is 25.7 Å². The second-order valence-electron chi connectivity index (χ2n) is 4.68. The maximum atomic E-state index is 12.0. The molecule has 1 aromatic rings. The Balaban J connectivity index is 1.84. The fraction of sp³-hybridized carbons (Fsp3) is 0.429. The first-order valence-electron chi connectivity index (χ1n) is 6.81. The molecule has 2 rings (SSSR count). The van der Waals surface area contributed by atoms with Crippen molar-refractivity contribution in [2.45, 2.75) is 12.7 Å². The van der Waals surface area contributed by atoms with Crippen LogP contribution in [0.4, 0.5) is 0 Å². The van der Waals surface area contributed by atoms with E-state index in [4.69, 9.17) is 15.0 Å². The van der Waals surface area contributed by atoms with Gasteiger partial charge in [0.05, 0.1) is 13.2 Å². The van der Waals surface area contributed by atoms with Crippen LogP contribution in [-0.4, -0.2) is 49.1 Å².